The number of carbonyl (C=O) groups excluding carboxylic acids is 1. The summed E-state index contributed by atoms with van der Waals surface area (Å²) in [6.07, 6.45) is 1.89. The Morgan fingerprint density at radius 1 is 0.968 bits per heavy atom. The van der Waals surface area contributed by atoms with E-state index in [1.54, 1.807) is 12.1 Å². The lowest BCUT2D eigenvalue weighted by Crippen LogP contribution is -2.48. The zero-order chi connectivity index (χ0) is 21.4. The van der Waals surface area contributed by atoms with E-state index in [2.05, 4.69) is 11.0 Å². The molecule has 0 aliphatic carbocycles. The first-order chi connectivity index (χ1) is 15.1. The molecule has 0 N–H and O–H groups in total. The van der Waals surface area contributed by atoms with Gasteiger partial charge in [-0.2, -0.15) is 0 Å². The topological polar surface area (TPSA) is 41.6 Å². The number of benzene rings is 2. The Kier molecular flexibility index (Phi) is 5.08. The lowest BCUT2D eigenvalue weighted by molar-refractivity contribution is 0.0612. The van der Waals surface area contributed by atoms with Crippen LogP contribution in [0.1, 0.15) is 16.2 Å². The number of nitrogens with zero attached hydrogens (tertiary/aromatic N) is 3. The van der Waals surface area contributed by atoms with Crippen LogP contribution in [0.3, 0.4) is 0 Å². The number of rotatable bonds is 4. The molecule has 4 aromatic rings. The smallest absolute Gasteiger partial charge is 0.270 e. The van der Waals surface area contributed by atoms with Crippen LogP contribution < -0.4 is 0 Å². The second-order valence-corrected chi connectivity index (χ2v) is 8.05. The number of piperazine rings is 1. The van der Waals surface area contributed by atoms with Crippen molar-refractivity contribution < 1.29 is 13.6 Å². The van der Waals surface area contributed by atoms with E-state index < -0.39 is 0 Å². The van der Waals surface area contributed by atoms with Crippen molar-refractivity contribution in [2.45, 2.75) is 6.54 Å². The minimum absolute atomic E-state index is 0.0840. The Morgan fingerprint density at radius 3 is 2.52 bits per heavy atom. The third-order valence-corrected chi connectivity index (χ3v) is 5.93. The van der Waals surface area contributed by atoms with E-state index in [4.69, 9.17) is 4.42 Å². The lowest BCUT2D eigenvalue weighted by Gasteiger charge is -2.34. The van der Waals surface area contributed by atoms with Crippen molar-refractivity contribution in [3.8, 4) is 11.1 Å². The second-order valence-electron chi connectivity index (χ2n) is 8.05. The highest BCUT2D eigenvalue weighted by atomic mass is 19.1. The van der Waals surface area contributed by atoms with Gasteiger partial charge in [-0.3, -0.25) is 9.69 Å². The fourth-order valence-electron chi connectivity index (χ4n) is 4.20. The van der Waals surface area contributed by atoms with Crippen LogP contribution in [0.2, 0.25) is 0 Å². The Morgan fingerprint density at radius 2 is 1.77 bits per heavy atom. The standard InChI is InChI=1S/C25H24FN3O2/c1-27-9-3-6-23(27)25(30)29-12-10-28(11-13-29)17-22-16-20-14-19(7-8-24(20)31-22)18-4-2-5-21(26)15-18/h2-9,14-16H,10-13,17H2,1H3. The summed E-state index contributed by atoms with van der Waals surface area (Å²) < 4.78 is 21.5. The molecule has 0 saturated carbocycles. The molecule has 5 rings (SSSR count). The van der Waals surface area contributed by atoms with Gasteiger partial charge in [-0.25, -0.2) is 4.39 Å². The van der Waals surface area contributed by atoms with Crippen LogP contribution >= 0.6 is 0 Å². The number of fused-ring (bicyclic) bond motifs is 1. The molecule has 3 heterocycles. The summed E-state index contributed by atoms with van der Waals surface area (Å²) >= 11 is 0. The van der Waals surface area contributed by atoms with Gasteiger partial charge in [0.1, 0.15) is 22.9 Å². The molecule has 0 atom stereocenters. The van der Waals surface area contributed by atoms with Gasteiger partial charge in [-0.15, -0.1) is 0 Å². The number of hydrogen-bond donors (Lipinski definition) is 0. The van der Waals surface area contributed by atoms with E-state index in [1.807, 2.05) is 59.1 Å². The fourth-order valence-corrected chi connectivity index (χ4v) is 4.20. The van der Waals surface area contributed by atoms with Crippen molar-refractivity contribution >= 4 is 16.9 Å². The van der Waals surface area contributed by atoms with Gasteiger partial charge in [0, 0.05) is 44.8 Å². The summed E-state index contributed by atoms with van der Waals surface area (Å²) in [5.41, 5.74) is 3.36. The van der Waals surface area contributed by atoms with Gasteiger partial charge in [0.2, 0.25) is 0 Å². The third kappa shape index (κ3) is 3.99. The molecule has 2 aromatic heterocycles. The van der Waals surface area contributed by atoms with Crippen LogP contribution in [-0.2, 0) is 13.6 Å². The van der Waals surface area contributed by atoms with E-state index in [0.29, 0.717) is 19.6 Å². The molecule has 0 radical (unpaired) electrons. The minimum Gasteiger partial charge on any atom is -0.460 e. The molecule has 2 aromatic carbocycles. The maximum atomic E-state index is 13.6. The summed E-state index contributed by atoms with van der Waals surface area (Å²) in [6, 6.07) is 18.4. The van der Waals surface area contributed by atoms with Crippen molar-refractivity contribution in [2.75, 3.05) is 26.2 Å². The van der Waals surface area contributed by atoms with Crippen molar-refractivity contribution in [2.24, 2.45) is 7.05 Å². The summed E-state index contributed by atoms with van der Waals surface area (Å²) in [5, 5.41) is 1.01. The minimum atomic E-state index is -0.241. The second kappa shape index (κ2) is 8.04. The molecule has 0 bridgehead atoms. The number of halogens is 1. The first kappa shape index (κ1) is 19.6. The van der Waals surface area contributed by atoms with Crippen LogP contribution in [0.5, 0.6) is 0 Å². The maximum absolute atomic E-state index is 13.6. The van der Waals surface area contributed by atoms with Crippen molar-refractivity contribution in [3.63, 3.8) is 0 Å². The molecule has 1 aliphatic rings. The molecule has 1 fully saturated rings. The molecule has 0 spiro atoms. The number of furan rings is 1. The van der Waals surface area contributed by atoms with Crippen molar-refractivity contribution in [1.29, 1.82) is 0 Å². The Balaban J connectivity index is 1.25. The molecule has 1 saturated heterocycles. The summed E-state index contributed by atoms with van der Waals surface area (Å²) in [7, 11) is 1.89. The third-order valence-electron chi connectivity index (χ3n) is 5.93. The molecule has 0 unspecified atom stereocenters. The first-order valence-corrected chi connectivity index (χ1v) is 10.5. The average Bonchev–Trinajstić information content (AvgIpc) is 3.38. The zero-order valence-electron chi connectivity index (χ0n) is 17.4. The number of aryl methyl sites for hydroxylation is 1. The van der Waals surface area contributed by atoms with Gasteiger partial charge in [0.05, 0.1) is 6.54 Å². The molecule has 6 heteroatoms. The quantitative estimate of drug-likeness (QED) is 0.490. The van der Waals surface area contributed by atoms with Crippen molar-refractivity contribution in [1.82, 2.24) is 14.4 Å². The highest BCUT2D eigenvalue weighted by Gasteiger charge is 2.24. The van der Waals surface area contributed by atoms with Crippen LogP contribution in [-0.4, -0.2) is 46.5 Å². The Labute approximate surface area is 180 Å². The van der Waals surface area contributed by atoms with E-state index >= 15 is 0 Å². The SMILES string of the molecule is Cn1cccc1C(=O)N1CCN(Cc2cc3cc(-c4cccc(F)c4)ccc3o2)CC1. The normalized spacial score (nSPS) is 15.0. The van der Waals surface area contributed by atoms with Gasteiger partial charge < -0.3 is 13.9 Å². The van der Waals surface area contributed by atoms with E-state index in [0.717, 1.165) is 46.6 Å². The molecular weight excluding hydrogens is 393 g/mol. The molecule has 1 amide bonds. The maximum Gasteiger partial charge on any atom is 0.270 e. The van der Waals surface area contributed by atoms with E-state index in [9.17, 15) is 9.18 Å². The van der Waals surface area contributed by atoms with Gasteiger partial charge >= 0.3 is 0 Å². The van der Waals surface area contributed by atoms with Crippen molar-refractivity contribution in [3.05, 3.63) is 84.1 Å². The van der Waals surface area contributed by atoms with Crippen LogP contribution in [0.15, 0.2) is 71.3 Å². The summed E-state index contributed by atoms with van der Waals surface area (Å²) in [5.74, 6) is 0.740. The lowest BCUT2D eigenvalue weighted by atomic mass is 10.0. The predicted octanol–water partition coefficient (Wildman–Crippen LogP) is 4.54. The molecule has 158 valence electrons. The van der Waals surface area contributed by atoms with E-state index in [1.165, 1.54) is 6.07 Å². The molecule has 31 heavy (non-hydrogen) atoms. The number of aromatic nitrogens is 1. The van der Waals surface area contributed by atoms with Gasteiger partial charge in [0.15, 0.2) is 0 Å². The zero-order valence-corrected chi connectivity index (χ0v) is 17.4. The molecule has 1 aliphatic heterocycles. The highest BCUT2D eigenvalue weighted by molar-refractivity contribution is 5.92. The van der Waals surface area contributed by atoms with Crippen LogP contribution in [0, 0.1) is 5.82 Å². The number of carbonyl (C=O) groups is 1. The number of hydrogen-bond acceptors (Lipinski definition) is 3. The predicted molar refractivity (Wildman–Crippen MR) is 118 cm³/mol. The Hall–Kier alpha value is -3.38. The van der Waals surface area contributed by atoms with Crippen LogP contribution in [0.4, 0.5) is 4.39 Å². The summed E-state index contributed by atoms with van der Waals surface area (Å²) in [6.45, 7) is 3.72. The first-order valence-electron chi connectivity index (χ1n) is 10.5. The largest absolute Gasteiger partial charge is 0.460 e. The number of amides is 1. The van der Waals surface area contributed by atoms with E-state index in [-0.39, 0.29) is 11.7 Å². The van der Waals surface area contributed by atoms with Gasteiger partial charge in [0.25, 0.3) is 5.91 Å². The van der Waals surface area contributed by atoms with Gasteiger partial charge in [-0.05, 0) is 53.6 Å². The fraction of sp³-hybridized carbons (Fsp3) is 0.240. The summed E-state index contributed by atoms with van der Waals surface area (Å²) in [4.78, 5) is 16.9. The average molecular weight is 417 g/mol. The van der Waals surface area contributed by atoms with Crippen LogP contribution in [0.25, 0.3) is 22.1 Å². The Bertz CT molecular complexity index is 1230. The monoisotopic (exact) mass is 417 g/mol. The van der Waals surface area contributed by atoms with Gasteiger partial charge in [-0.1, -0.05) is 18.2 Å². The molecule has 5 nitrogen and oxygen atoms in total. The molecular formula is C25H24FN3O2. The highest BCUT2D eigenvalue weighted by Crippen LogP contribution is 2.28.